The predicted octanol–water partition coefficient (Wildman–Crippen LogP) is 5.19. The van der Waals surface area contributed by atoms with E-state index in [1.165, 1.54) is 5.69 Å². The molecular weight excluding hydrogens is 434 g/mol. The molecule has 5 aromatic rings. The predicted molar refractivity (Wildman–Crippen MR) is 141 cm³/mol. The molecule has 0 unspecified atom stereocenters. The second-order valence-electron chi connectivity index (χ2n) is 9.15. The van der Waals surface area contributed by atoms with Gasteiger partial charge in [-0.1, -0.05) is 30.3 Å². The number of amides is 1. The number of hydrogen-bond donors (Lipinski definition) is 0. The van der Waals surface area contributed by atoms with Gasteiger partial charge in [0.2, 0.25) is 5.91 Å². The van der Waals surface area contributed by atoms with Crippen molar-refractivity contribution in [3.05, 3.63) is 84.8 Å². The normalized spacial score (nSPS) is 14.1. The van der Waals surface area contributed by atoms with Crippen molar-refractivity contribution in [2.45, 2.75) is 13.8 Å². The van der Waals surface area contributed by atoms with Gasteiger partial charge in [-0.25, -0.2) is 4.98 Å². The maximum absolute atomic E-state index is 11.6. The van der Waals surface area contributed by atoms with Crippen LogP contribution in [-0.2, 0) is 4.79 Å². The van der Waals surface area contributed by atoms with Gasteiger partial charge in [-0.2, -0.15) is 0 Å². The number of aromatic nitrogens is 3. The van der Waals surface area contributed by atoms with E-state index in [1.54, 1.807) is 6.92 Å². The van der Waals surface area contributed by atoms with E-state index in [1.807, 2.05) is 18.0 Å². The van der Waals surface area contributed by atoms with Crippen LogP contribution in [0.15, 0.2) is 79.1 Å². The summed E-state index contributed by atoms with van der Waals surface area (Å²) in [5.41, 5.74) is 8.61. The van der Waals surface area contributed by atoms with Crippen molar-refractivity contribution in [1.82, 2.24) is 19.3 Å². The molecule has 1 amide bonds. The minimum Gasteiger partial charge on any atom is -0.368 e. The Labute approximate surface area is 204 Å². The molecule has 1 fully saturated rings. The van der Waals surface area contributed by atoms with Crippen molar-refractivity contribution in [1.29, 1.82) is 0 Å². The van der Waals surface area contributed by atoms with Crippen LogP contribution in [0.25, 0.3) is 38.9 Å². The highest BCUT2D eigenvalue weighted by Crippen LogP contribution is 2.30. The minimum atomic E-state index is 0.157. The average Bonchev–Trinajstić information content (AvgIpc) is 3.31. The summed E-state index contributed by atoms with van der Waals surface area (Å²) in [6.45, 7) is 6.95. The van der Waals surface area contributed by atoms with Crippen molar-refractivity contribution in [2.75, 3.05) is 31.1 Å². The number of pyridine rings is 2. The summed E-state index contributed by atoms with van der Waals surface area (Å²) in [6.07, 6.45) is 4.04. The van der Waals surface area contributed by atoms with E-state index in [4.69, 9.17) is 4.98 Å². The number of anilines is 1. The van der Waals surface area contributed by atoms with Crippen LogP contribution in [0, 0.1) is 6.92 Å². The number of aryl methyl sites for hydroxylation is 1. The molecule has 2 aromatic carbocycles. The van der Waals surface area contributed by atoms with Crippen LogP contribution in [-0.4, -0.2) is 51.4 Å². The number of rotatable bonds is 3. The van der Waals surface area contributed by atoms with Crippen LogP contribution in [0.2, 0.25) is 0 Å². The molecule has 6 heteroatoms. The zero-order valence-corrected chi connectivity index (χ0v) is 20.0. The van der Waals surface area contributed by atoms with Gasteiger partial charge in [0.25, 0.3) is 0 Å². The standard InChI is InChI=1S/C29H27N5O/c1-20-6-11-25-26(4-3-5-27(25)31-20)28-19-30-29-18-23(12-13-34(28)29)22-7-9-24(10-8-22)33-16-14-32(15-17-33)21(2)35/h3-13,18-19H,14-17H2,1-2H3. The van der Waals surface area contributed by atoms with E-state index in [0.29, 0.717) is 0 Å². The summed E-state index contributed by atoms with van der Waals surface area (Å²) >= 11 is 0. The number of nitrogens with zero attached hydrogens (tertiary/aromatic N) is 5. The Bertz CT molecular complexity index is 1550. The fraction of sp³-hybridized carbons (Fsp3) is 0.207. The van der Waals surface area contributed by atoms with Gasteiger partial charge in [-0.05, 0) is 54.4 Å². The smallest absolute Gasteiger partial charge is 0.219 e. The zero-order chi connectivity index (χ0) is 23.9. The Morgan fingerprint density at radius 2 is 1.69 bits per heavy atom. The molecule has 0 aliphatic carbocycles. The third-order valence-electron chi connectivity index (χ3n) is 6.95. The van der Waals surface area contributed by atoms with Crippen LogP contribution in [0.3, 0.4) is 0 Å². The zero-order valence-electron chi connectivity index (χ0n) is 20.0. The highest BCUT2D eigenvalue weighted by Gasteiger charge is 2.19. The fourth-order valence-electron chi connectivity index (χ4n) is 4.98. The quantitative estimate of drug-likeness (QED) is 0.371. The van der Waals surface area contributed by atoms with E-state index >= 15 is 0 Å². The lowest BCUT2D eigenvalue weighted by Gasteiger charge is -2.35. The van der Waals surface area contributed by atoms with E-state index < -0.39 is 0 Å². The molecule has 0 spiro atoms. The van der Waals surface area contributed by atoms with Crippen molar-refractivity contribution in [3.8, 4) is 22.4 Å². The Morgan fingerprint density at radius 1 is 0.886 bits per heavy atom. The molecule has 0 bridgehead atoms. The first-order valence-electron chi connectivity index (χ1n) is 12.0. The van der Waals surface area contributed by atoms with Gasteiger partial charge in [-0.15, -0.1) is 0 Å². The first-order chi connectivity index (χ1) is 17.1. The van der Waals surface area contributed by atoms with Gasteiger partial charge in [0, 0.05) is 61.6 Å². The van der Waals surface area contributed by atoms with Crippen LogP contribution >= 0.6 is 0 Å². The molecule has 0 radical (unpaired) electrons. The van der Waals surface area contributed by atoms with E-state index in [9.17, 15) is 4.79 Å². The Hall–Kier alpha value is -4.19. The van der Waals surface area contributed by atoms with Crippen molar-refractivity contribution in [3.63, 3.8) is 0 Å². The number of fused-ring (bicyclic) bond motifs is 2. The fourth-order valence-corrected chi connectivity index (χ4v) is 4.98. The number of carbonyl (C=O) groups is 1. The monoisotopic (exact) mass is 461 g/mol. The largest absolute Gasteiger partial charge is 0.368 e. The lowest BCUT2D eigenvalue weighted by molar-refractivity contribution is -0.129. The first-order valence-corrected chi connectivity index (χ1v) is 12.0. The van der Waals surface area contributed by atoms with Crippen molar-refractivity contribution >= 4 is 28.1 Å². The van der Waals surface area contributed by atoms with E-state index in [-0.39, 0.29) is 5.91 Å². The Morgan fingerprint density at radius 3 is 2.46 bits per heavy atom. The average molecular weight is 462 g/mol. The maximum atomic E-state index is 11.6. The second kappa shape index (κ2) is 8.55. The molecule has 1 saturated heterocycles. The summed E-state index contributed by atoms with van der Waals surface area (Å²) in [5.74, 6) is 0.157. The molecule has 174 valence electrons. The topological polar surface area (TPSA) is 53.7 Å². The van der Waals surface area contributed by atoms with Crippen LogP contribution in [0.4, 0.5) is 5.69 Å². The second-order valence-corrected chi connectivity index (χ2v) is 9.15. The summed E-state index contributed by atoms with van der Waals surface area (Å²) in [4.78, 5) is 25.2. The van der Waals surface area contributed by atoms with E-state index in [2.05, 4.69) is 87.2 Å². The number of benzene rings is 2. The molecule has 0 saturated carbocycles. The Balaban J connectivity index is 1.28. The molecule has 35 heavy (non-hydrogen) atoms. The van der Waals surface area contributed by atoms with Crippen LogP contribution in [0.1, 0.15) is 12.6 Å². The summed E-state index contributed by atoms with van der Waals surface area (Å²) in [7, 11) is 0. The maximum Gasteiger partial charge on any atom is 0.219 e. The lowest BCUT2D eigenvalue weighted by Crippen LogP contribution is -2.48. The SMILES string of the molecule is CC(=O)N1CCN(c2ccc(-c3ccn4c(-c5cccc6nc(C)ccc56)cnc4c3)cc2)CC1. The first kappa shape index (κ1) is 21.4. The van der Waals surface area contributed by atoms with Crippen molar-refractivity contribution in [2.24, 2.45) is 0 Å². The lowest BCUT2D eigenvalue weighted by atomic mass is 10.0. The van der Waals surface area contributed by atoms with Crippen LogP contribution < -0.4 is 4.90 Å². The molecule has 4 heterocycles. The Kier molecular flexibility index (Phi) is 5.21. The summed E-state index contributed by atoms with van der Waals surface area (Å²) in [5, 5.41) is 1.13. The molecule has 3 aromatic heterocycles. The van der Waals surface area contributed by atoms with Gasteiger partial charge >= 0.3 is 0 Å². The molecular formula is C29H27N5O. The molecule has 0 N–H and O–H groups in total. The summed E-state index contributed by atoms with van der Waals surface area (Å²) < 4.78 is 2.14. The highest BCUT2D eigenvalue weighted by molar-refractivity contribution is 5.94. The van der Waals surface area contributed by atoms with E-state index in [0.717, 1.165) is 70.8 Å². The highest BCUT2D eigenvalue weighted by atomic mass is 16.2. The number of carbonyl (C=O) groups excluding carboxylic acids is 1. The van der Waals surface area contributed by atoms with Gasteiger partial charge in [0.05, 0.1) is 17.4 Å². The van der Waals surface area contributed by atoms with Gasteiger partial charge < -0.3 is 9.80 Å². The molecule has 0 atom stereocenters. The molecule has 1 aliphatic heterocycles. The molecule has 6 rings (SSSR count). The van der Waals surface area contributed by atoms with Gasteiger partial charge in [-0.3, -0.25) is 14.2 Å². The number of piperazine rings is 1. The third-order valence-corrected chi connectivity index (χ3v) is 6.95. The third kappa shape index (κ3) is 3.91. The minimum absolute atomic E-state index is 0.157. The van der Waals surface area contributed by atoms with Crippen LogP contribution in [0.5, 0.6) is 0 Å². The van der Waals surface area contributed by atoms with Crippen molar-refractivity contribution < 1.29 is 4.79 Å². The van der Waals surface area contributed by atoms with Gasteiger partial charge in [0.15, 0.2) is 0 Å². The summed E-state index contributed by atoms with van der Waals surface area (Å²) in [6, 6.07) is 23.4. The number of hydrogen-bond acceptors (Lipinski definition) is 4. The molecule has 6 nitrogen and oxygen atoms in total. The van der Waals surface area contributed by atoms with Gasteiger partial charge in [0.1, 0.15) is 5.65 Å². The number of imidazole rings is 1. The molecule has 1 aliphatic rings.